The first-order valence-electron chi connectivity index (χ1n) is 7.33. The van der Waals surface area contributed by atoms with Gasteiger partial charge in [-0.25, -0.2) is 4.98 Å². The number of aliphatic hydroxyl groups excluding tert-OH is 1. The van der Waals surface area contributed by atoms with Crippen LogP contribution in [0.2, 0.25) is 0 Å². The van der Waals surface area contributed by atoms with E-state index in [1.54, 1.807) is 11.3 Å². The molecule has 3 nitrogen and oxygen atoms in total. The molecule has 3 atom stereocenters. The van der Waals surface area contributed by atoms with E-state index in [0.29, 0.717) is 24.0 Å². The van der Waals surface area contributed by atoms with E-state index in [1.165, 1.54) is 6.42 Å². The van der Waals surface area contributed by atoms with Gasteiger partial charge < -0.3 is 9.52 Å². The lowest BCUT2D eigenvalue weighted by Gasteiger charge is -2.04. The van der Waals surface area contributed by atoms with Gasteiger partial charge in [0.15, 0.2) is 0 Å². The Hall–Kier alpha value is -1.65. The molecule has 1 aromatic carbocycles. The molecule has 21 heavy (non-hydrogen) atoms. The number of furan rings is 1. The van der Waals surface area contributed by atoms with Crippen molar-refractivity contribution < 1.29 is 9.52 Å². The van der Waals surface area contributed by atoms with Crippen LogP contribution in [0.5, 0.6) is 0 Å². The fourth-order valence-electron chi connectivity index (χ4n) is 2.74. The van der Waals surface area contributed by atoms with Crippen LogP contribution in [-0.2, 0) is 6.42 Å². The van der Waals surface area contributed by atoms with Crippen molar-refractivity contribution in [3.05, 3.63) is 52.9 Å². The van der Waals surface area contributed by atoms with Crippen LogP contribution >= 0.6 is 11.3 Å². The highest BCUT2D eigenvalue weighted by Gasteiger charge is 2.36. The number of fused-ring (bicyclic) bond motifs is 1. The smallest absolute Gasteiger partial charge is 0.133 e. The number of hydrogen-bond acceptors (Lipinski definition) is 4. The third-order valence-electron chi connectivity index (χ3n) is 4.16. The number of aliphatic hydroxyl groups is 1. The summed E-state index contributed by atoms with van der Waals surface area (Å²) in [5.41, 5.74) is 0.997. The molecular weight excluding hydrogens is 282 g/mol. The fraction of sp³-hybridized carbons (Fsp3) is 0.353. The van der Waals surface area contributed by atoms with Crippen LogP contribution in [0.1, 0.15) is 41.9 Å². The number of benzene rings is 1. The quantitative estimate of drug-likeness (QED) is 0.781. The van der Waals surface area contributed by atoms with Gasteiger partial charge >= 0.3 is 0 Å². The second-order valence-corrected chi connectivity index (χ2v) is 6.97. The molecule has 0 aliphatic heterocycles. The standard InChI is InChI=1S/C17H17NO2S/c1-10-8-11(10)14-6-7-15(20-14)13(19)9-17-18-12-4-2-3-5-16(12)21-17/h2-7,10-11,13,19H,8-9H2,1H3. The van der Waals surface area contributed by atoms with Gasteiger partial charge in [-0.3, -0.25) is 0 Å². The number of thiazole rings is 1. The lowest BCUT2D eigenvalue weighted by molar-refractivity contribution is 0.148. The number of nitrogens with zero attached hydrogens (tertiary/aromatic N) is 1. The molecule has 0 radical (unpaired) electrons. The van der Waals surface area contributed by atoms with Gasteiger partial charge in [-0.15, -0.1) is 11.3 Å². The number of hydrogen-bond donors (Lipinski definition) is 1. The molecule has 0 amide bonds. The van der Waals surface area contributed by atoms with E-state index >= 15 is 0 Å². The highest BCUT2D eigenvalue weighted by atomic mass is 32.1. The van der Waals surface area contributed by atoms with Gasteiger partial charge in [0.05, 0.1) is 15.2 Å². The van der Waals surface area contributed by atoms with Crippen molar-refractivity contribution in [1.29, 1.82) is 0 Å². The third kappa shape index (κ3) is 2.49. The summed E-state index contributed by atoms with van der Waals surface area (Å²) in [5.74, 6) is 2.93. The van der Waals surface area contributed by atoms with Crippen molar-refractivity contribution in [3.63, 3.8) is 0 Å². The first kappa shape index (κ1) is 13.0. The van der Waals surface area contributed by atoms with Crippen molar-refractivity contribution in [2.75, 3.05) is 0 Å². The zero-order valence-corrected chi connectivity index (χ0v) is 12.6. The third-order valence-corrected chi connectivity index (χ3v) is 5.22. The largest absolute Gasteiger partial charge is 0.463 e. The normalized spacial score (nSPS) is 22.6. The maximum Gasteiger partial charge on any atom is 0.133 e. The van der Waals surface area contributed by atoms with Gasteiger partial charge in [0.1, 0.15) is 17.6 Å². The summed E-state index contributed by atoms with van der Waals surface area (Å²) < 4.78 is 6.97. The van der Waals surface area contributed by atoms with Crippen LogP contribution in [-0.4, -0.2) is 10.1 Å². The Morgan fingerprint density at radius 1 is 1.33 bits per heavy atom. The summed E-state index contributed by atoms with van der Waals surface area (Å²) in [4.78, 5) is 4.56. The molecule has 3 unspecified atom stereocenters. The number of aromatic nitrogens is 1. The van der Waals surface area contributed by atoms with Gasteiger partial charge in [0.2, 0.25) is 0 Å². The first-order chi connectivity index (χ1) is 10.2. The van der Waals surface area contributed by atoms with E-state index in [1.807, 2.05) is 30.3 Å². The Balaban J connectivity index is 1.51. The van der Waals surface area contributed by atoms with Crippen molar-refractivity contribution >= 4 is 21.6 Å². The van der Waals surface area contributed by atoms with Gasteiger partial charge in [-0.2, -0.15) is 0 Å². The minimum Gasteiger partial charge on any atom is -0.463 e. The summed E-state index contributed by atoms with van der Waals surface area (Å²) in [6.45, 7) is 2.23. The van der Waals surface area contributed by atoms with Crippen molar-refractivity contribution in [2.45, 2.75) is 31.8 Å². The average molecular weight is 299 g/mol. The van der Waals surface area contributed by atoms with E-state index < -0.39 is 6.10 Å². The van der Waals surface area contributed by atoms with E-state index in [9.17, 15) is 5.11 Å². The molecule has 2 heterocycles. The predicted octanol–water partition coefficient (Wildman–Crippen LogP) is 4.29. The summed E-state index contributed by atoms with van der Waals surface area (Å²) in [6.07, 6.45) is 1.08. The molecule has 0 saturated heterocycles. The Bertz CT molecular complexity index is 743. The van der Waals surface area contributed by atoms with E-state index in [-0.39, 0.29) is 0 Å². The molecule has 108 valence electrons. The van der Waals surface area contributed by atoms with Crippen LogP contribution in [0.4, 0.5) is 0 Å². The molecule has 4 heteroatoms. The average Bonchev–Trinajstić information content (AvgIpc) is 2.93. The lowest BCUT2D eigenvalue weighted by Crippen LogP contribution is -1.99. The van der Waals surface area contributed by atoms with E-state index in [2.05, 4.69) is 18.0 Å². The van der Waals surface area contributed by atoms with Gasteiger partial charge in [-0.05, 0) is 36.6 Å². The maximum atomic E-state index is 10.4. The molecule has 1 aliphatic rings. The monoisotopic (exact) mass is 299 g/mol. The zero-order chi connectivity index (χ0) is 14.4. The minimum atomic E-state index is -0.617. The van der Waals surface area contributed by atoms with Crippen LogP contribution in [0.3, 0.4) is 0 Å². The molecule has 1 aliphatic carbocycles. The summed E-state index contributed by atoms with van der Waals surface area (Å²) in [7, 11) is 0. The highest BCUT2D eigenvalue weighted by Crippen LogP contribution is 2.47. The topological polar surface area (TPSA) is 46.3 Å². The van der Waals surface area contributed by atoms with E-state index in [4.69, 9.17) is 4.42 Å². The first-order valence-corrected chi connectivity index (χ1v) is 8.14. The molecule has 1 saturated carbocycles. The molecular formula is C17H17NO2S. The Kier molecular flexibility index (Phi) is 3.08. The number of rotatable bonds is 4. The Morgan fingerprint density at radius 2 is 2.14 bits per heavy atom. The zero-order valence-electron chi connectivity index (χ0n) is 11.8. The minimum absolute atomic E-state index is 0.506. The van der Waals surface area contributed by atoms with Crippen LogP contribution < -0.4 is 0 Å². The van der Waals surface area contributed by atoms with Crippen LogP contribution in [0, 0.1) is 5.92 Å². The van der Waals surface area contributed by atoms with Gasteiger partial charge in [-0.1, -0.05) is 19.1 Å². The van der Waals surface area contributed by atoms with E-state index in [0.717, 1.165) is 21.0 Å². The lowest BCUT2D eigenvalue weighted by atomic mass is 10.2. The summed E-state index contributed by atoms with van der Waals surface area (Å²) in [5, 5.41) is 11.3. The Labute approximate surface area is 127 Å². The van der Waals surface area contributed by atoms with Crippen molar-refractivity contribution in [2.24, 2.45) is 5.92 Å². The molecule has 0 bridgehead atoms. The van der Waals surface area contributed by atoms with Crippen LogP contribution in [0.15, 0.2) is 40.8 Å². The molecule has 1 fully saturated rings. The SMILES string of the molecule is CC1CC1c1ccc(C(O)Cc2nc3ccccc3s2)o1. The second kappa shape index (κ2) is 4.97. The van der Waals surface area contributed by atoms with Crippen LogP contribution in [0.25, 0.3) is 10.2 Å². The van der Waals surface area contributed by atoms with Crippen molar-refractivity contribution in [1.82, 2.24) is 4.98 Å². The van der Waals surface area contributed by atoms with Gasteiger partial charge in [0.25, 0.3) is 0 Å². The molecule has 0 spiro atoms. The molecule has 2 aromatic heterocycles. The molecule has 3 aromatic rings. The highest BCUT2D eigenvalue weighted by molar-refractivity contribution is 7.18. The molecule has 4 rings (SSSR count). The van der Waals surface area contributed by atoms with Gasteiger partial charge in [0, 0.05) is 12.3 Å². The maximum absolute atomic E-state index is 10.4. The predicted molar refractivity (Wildman–Crippen MR) is 83.5 cm³/mol. The molecule has 1 N–H and O–H groups in total. The number of para-hydroxylation sites is 1. The fourth-order valence-corrected chi connectivity index (χ4v) is 3.74. The van der Waals surface area contributed by atoms with Crippen molar-refractivity contribution in [3.8, 4) is 0 Å². The second-order valence-electron chi connectivity index (χ2n) is 5.85. The Morgan fingerprint density at radius 3 is 2.90 bits per heavy atom. The summed E-state index contributed by atoms with van der Waals surface area (Å²) in [6, 6.07) is 12.0. The summed E-state index contributed by atoms with van der Waals surface area (Å²) >= 11 is 1.63.